The number of nitriles is 1. The minimum absolute atomic E-state index is 0.0954. The van der Waals surface area contributed by atoms with Gasteiger partial charge in [0.15, 0.2) is 0 Å². The number of benzene rings is 1. The Hall–Kier alpha value is -1.91. The third-order valence-corrected chi connectivity index (χ3v) is 3.12. The summed E-state index contributed by atoms with van der Waals surface area (Å²) in [7, 11) is -3.30. The smallest absolute Gasteiger partial charge is 0.223 e. The average Bonchev–Trinajstić information content (AvgIpc) is 2.33. The number of para-hydroxylation sites is 1. The second-order valence-corrected chi connectivity index (χ2v) is 5.80. The van der Waals surface area contributed by atoms with Crippen molar-refractivity contribution >= 4 is 21.6 Å². The molecule has 0 aliphatic rings. The molecule has 1 N–H and O–H groups in total. The molecule has 0 bridgehead atoms. The lowest BCUT2D eigenvalue weighted by Crippen LogP contribution is -2.37. The predicted octanol–water partition coefficient (Wildman–Crippen LogP) is 0.460. The van der Waals surface area contributed by atoms with Crippen molar-refractivity contribution in [2.45, 2.75) is 6.92 Å². The van der Waals surface area contributed by atoms with E-state index in [2.05, 4.69) is 4.72 Å². The highest BCUT2D eigenvalue weighted by Gasteiger charge is 2.15. The van der Waals surface area contributed by atoms with Crippen LogP contribution in [0.15, 0.2) is 24.3 Å². The van der Waals surface area contributed by atoms with Gasteiger partial charge < -0.3 is 4.90 Å². The van der Waals surface area contributed by atoms with E-state index in [9.17, 15) is 13.2 Å². The number of sulfonamides is 1. The highest BCUT2D eigenvalue weighted by molar-refractivity contribution is 7.88. The molecule has 1 rings (SSSR count). The van der Waals surface area contributed by atoms with Gasteiger partial charge in [-0.2, -0.15) is 5.26 Å². The zero-order valence-electron chi connectivity index (χ0n) is 10.8. The molecule has 0 aliphatic carbocycles. The van der Waals surface area contributed by atoms with Crippen molar-refractivity contribution < 1.29 is 13.2 Å². The van der Waals surface area contributed by atoms with Crippen LogP contribution in [-0.2, 0) is 14.8 Å². The van der Waals surface area contributed by atoms with Crippen LogP contribution >= 0.6 is 0 Å². The van der Waals surface area contributed by atoms with Crippen LogP contribution in [-0.4, -0.2) is 33.7 Å². The third-order valence-electron chi connectivity index (χ3n) is 2.40. The van der Waals surface area contributed by atoms with E-state index in [4.69, 9.17) is 5.26 Å². The van der Waals surface area contributed by atoms with Crippen LogP contribution in [0.1, 0.15) is 12.5 Å². The Kier molecular flexibility index (Phi) is 5.03. The van der Waals surface area contributed by atoms with E-state index in [0.29, 0.717) is 11.3 Å². The summed E-state index contributed by atoms with van der Waals surface area (Å²) < 4.78 is 24.3. The van der Waals surface area contributed by atoms with Crippen molar-refractivity contribution in [1.82, 2.24) is 4.72 Å². The first-order valence-corrected chi connectivity index (χ1v) is 7.46. The van der Waals surface area contributed by atoms with Crippen LogP contribution in [0.2, 0.25) is 0 Å². The Labute approximate surface area is 112 Å². The molecule has 0 saturated heterocycles. The summed E-state index contributed by atoms with van der Waals surface area (Å²) in [5, 5.41) is 9.00. The first-order chi connectivity index (χ1) is 8.85. The molecule has 0 fully saturated rings. The SMILES string of the molecule is CC(=O)N(CCNS(C)(=O)=O)c1ccccc1C#N. The van der Waals surface area contributed by atoms with Crippen molar-refractivity contribution in [3.63, 3.8) is 0 Å². The van der Waals surface area contributed by atoms with Crippen LogP contribution < -0.4 is 9.62 Å². The fourth-order valence-electron chi connectivity index (χ4n) is 1.59. The normalized spacial score (nSPS) is 10.8. The molecule has 0 radical (unpaired) electrons. The molecule has 1 aromatic carbocycles. The Morgan fingerprint density at radius 1 is 1.42 bits per heavy atom. The van der Waals surface area contributed by atoms with Gasteiger partial charge in [-0.3, -0.25) is 4.79 Å². The Balaban J connectivity index is 2.90. The molecule has 102 valence electrons. The second-order valence-electron chi connectivity index (χ2n) is 3.97. The summed E-state index contributed by atoms with van der Waals surface area (Å²) in [6.07, 6.45) is 1.05. The molecule has 0 spiro atoms. The number of carbonyl (C=O) groups excluding carboxylic acids is 1. The Bertz CT molecular complexity index is 605. The highest BCUT2D eigenvalue weighted by atomic mass is 32.2. The van der Waals surface area contributed by atoms with E-state index < -0.39 is 10.0 Å². The van der Waals surface area contributed by atoms with Crippen molar-refractivity contribution in [3.05, 3.63) is 29.8 Å². The summed E-state index contributed by atoms with van der Waals surface area (Å²) in [5.74, 6) is -0.252. The summed E-state index contributed by atoms with van der Waals surface area (Å²) in [6, 6.07) is 8.69. The van der Waals surface area contributed by atoms with E-state index in [1.165, 1.54) is 11.8 Å². The van der Waals surface area contributed by atoms with E-state index in [-0.39, 0.29) is 19.0 Å². The zero-order valence-corrected chi connectivity index (χ0v) is 11.6. The van der Waals surface area contributed by atoms with Crippen molar-refractivity contribution in [2.75, 3.05) is 24.2 Å². The molecule has 0 unspecified atom stereocenters. The lowest BCUT2D eigenvalue weighted by molar-refractivity contribution is -0.116. The molecule has 0 atom stereocenters. The van der Waals surface area contributed by atoms with Gasteiger partial charge in [0.05, 0.1) is 17.5 Å². The molecule has 0 saturated carbocycles. The summed E-state index contributed by atoms with van der Waals surface area (Å²) in [4.78, 5) is 13.0. The molecule has 7 heteroatoms. The summed E-state index contributed by atoms with van der Waals surface area (Å²) >= 11 is 0. The van der Waals surface area contributed by atoms with E-state index in [1.54, 1.807) is 24.3 Å². The van der Waals surface area contributed by atoms with Crippen molar-refractivity contribution in [3.8, 4) is 6.07 Å². The van der Waals surface area contributed by atoms with Gasteiger partial charge in [-0.15, -0.1) is 0 Å². The van der Waals surface area contributed by atoms with Gasteiger partial charge in [-0.1, -0.05) is 12.1 Å². The van der Waals surface area contributed by atoms with Crippen LogP contribution in [0.4, 0.5) is 5.69 Å². The monoisotopic (exact) mass is 281 g/mol. The Morgan fingerprint density at radius 3 is 2.58 bits per heavy atom. The van der Waals surface area contributed by atoms with Gasteiger partial charge in [0.1, 0.15) is 6.07 Å². The standard InChI is InChI=1S/C12H15N3O3S/c1-10(16)15(8-7-14-19(2,17)18)12-6-4-3-5-11(12)9-13/h3-6,14H,7-8H2,1-2H3. The van der Waals surface area contributed by atoms with Crippen molar-refractivity contribution in [1.29, 1.82) is 5.26 Å². The molecular formula is C12H15N3O3S. The molecule has 0 heterocycles. The quantitative estimate of drug-likeness (QED) is 0.849. The maximum atomic E-state index is 11.6. The molecule has 19 heavy (non-hydrogen) atoms. The maximum absolute atomic E-state index is 11.6. The lowest BCUT2D eigenvalue weighted by atomic mass is 10.1. The predicted molar refractivity (Wildman–Crippen MR) is 72.0 cm³/mol. The summed E-state index contributed by atoms with van der Waals surface area (Å²) in [5.41, 5.74) is 0.852. The van der Waals surface area contributed by atoms with Gasteiger partial charge >= 0.3 is 0 Å². The molecule has 1 aromatic rings. The number of hydrogen-bond donors (Lipinski definition) is 1. The Morgan fingerprint density at radius 2 is 2.05 bits per heavy atom. The van der Waals surface area contributed by atoms with Crippen LogP contribution in [0.25, 0.3) is 0 Å². The first-order valence-electron chi connectivity index (χ1n) is 5.57. The molecule has 0 aromatic heterocycles. The molecule has 0 aliphatic heterocycles. The number of anilines is 1. The van der Waals surface area contributed by atoms with E-state index >= 15 is 0 Å². The van der Waals surface area contributed by atoms with E-state index in [0.717, 1.165) is 6.26 Å². The molecule has 1 amide bonds. The van der Waals surface area contributed by atoms with Crippen molar-refractivity contribution in [2.24, 2.45) is 0 Å². The molecule has 6 nitrogen and oxygen atoms in total. The number of amides is 1. The van der Waals surface area contributed by atoms with Gasteiger partial charge in [0.2, 0.25) is 15.9 Å². The van der Waals surface area contributed by atoms with Gasteiger partial charge in [0.25, 0.3) is 0 Å². The number of hydrogen-bond acceptors (Lipinski definition) is 4. The summed E-state index contributed by atoms with van der Waals surface area (Å²) in [6.45, 7) is 1.63. The lowest BCUT2D eigenvalue weighted by Gasteiger charge is -2.22. The minimum Gasteiger partial charge on any atom is -0.310 e. The fourth-order valence-corrected chi connectivity index (χ4v) is 2.06. The first kappa shape index (κ1) is 15.1. The van der Waals surface area contributed by atoms with Crippen LogP contribution in [0.3, 0.4) is 0 Å². The zero-order chi connectivity index (χ0) is 14.5. The third kappa shape index (κ3) is 4.69. The topological polar surface area (TPSA) is 90.3 Å². The number of nitrogens with one attached hydrogen (secondary N) is 1. The number of rotatable bonds is 5. The van der Waals surface area contributed by atoms with Crippen LogP contribution in [0.5, 0.6) is 0 Å². The fraction of sp³-hybridized carbons (Fsp3) is 0.333. The van der Waals surface area contributed by atoms with Crippen LogP contribution in [0, 0.1) is 11.3 Å². The van der Waals surface area contributed by atoms with E-state index in [1.807, 2.05) is 6.07 Å². The molecular weight excluding hydrogens is 266 g/mol. The van der Waals surface area contributed by atoms with Gasteiger partial charge in [-0.25, -0.2) is 13.1 Å². The largest absolute Gasteiger partial charge is 0.310 e. The number of carbonyl (C=O) groups is 1. The van der Waals surface area contributed by atoms with Gasteiger partial charge in [0, 0.05) is 20.0 Å². The minimum atomic E-state index is -3.30. The second kappa shape index (κ2) is 6.31. The maximum Gasteiger partial charge on any atom is 0.223 e. The average molecular weight is 281 g/mol. The number of nitrogens with zero attached hydrogens (tertiary/aromatic N) is 2. The highest BCUT2D eigenvalue weighted by Crippen LogP contribution is 2.19. The van der Waals surface area contributed by atoms with Gasteiger partial charge in [-0.05, 0) is 12.1 Å².